The maximum absolute atomic E-state index is 12.8. The number of alkyl halides is 3. The average Bonchev–Trinajstić information content (AvgIpc) is 3.00. The zero-order chi connectivity index (χ0) is 12.5. The van der Waals surface area contributed by atoms with Gasteiger partial charge in [-0.3, -0.25) is 0 Å². The summed E-state index contributed by atoms with van der Waals surface area (Å²) in [7, 11) is 0. The van der Waals surface area contributed by atoms with Crippen LogP contribution in [0.3, 0.4) is 0 Å². The molecule has 1 fully saturated rings. The lowest BCUT2D eigenvalue weighted by molar-refractivity contribution is -0.224. The molecule has 5 heteroatoms. The molecular formula is C12H13F3O2. The van der Waals surface area contributed by atoms with Crippen molar-refractivity contribution in [2.24, 2.45) is 0 Å². The van der Waals surface area contributed by atoms with E-state index in [1.165, 1.54) is 12.1 Å². The Morgan fingerprint density at radius 1 is 1.47 bits per heavy atom. The first-order valence-electron chi connectivity index (χ1n) is 5.33. The summed E-state index contributed by atoms with van der Waals surface area (Å²) >= 11 is 0. The molecule has 1 aromatic rings. The lowest BCUT2D eigenvalue weighted by atomic mass is 10.1. The summed E-state index contributed by atoms with van der Waals surface area (Å²) < 4.78 is 48.3. The molecule has 0 amide bonds. The molecule has 2 unspecified atom stereocenters. The minimum atomic E-state index is -4.40. The topological polar surface area (TPSA) is 21.8 Å². The van der Waals surface area contributed by atoms with Crippen molar-refractivity contribution in [1.82, 2.24) is 0 Å². The molecule has 1 aliphatic heterocycles. The Kier molecular flexibility index (Phi) is 3.40. The van der Waals surface area contributed by atoms with Crippen LogP contribution in [0.4, 0.5) is 13.2 Å². The highest BCUT2D eigenvalue weighted by Crippen LogP contribution is 2.36. The fourth-order valence-electron chi connectivity index (χ4n) is 1.58. The Morgan fingerprint density at radius 3 is 2.71 bits per heavy atom. The van der Waals surface area contributed by atoms with Crippen molar-refractivity contribution in [3.8, 4) is 0 Å². The highest BCUT2D eigenvalue weighted by molar-refractivity contribution is 5.25. The molecule has 1 aromatic carbocycles. The minimum Gasteiger partial charge on any atom is -0.371 e. The van der Waals surface area contributed by atoms with Gasteiger partial charge in [0.15, 0.2) is 6.10 Å². The Hall–Kier alpha value is -1.07. The van der Waals surface area contributed by atoms with E-state index in [-0.39, 0.29) is 18.3 Å². The molecule has 2 nitrogen and oxygen atoms in total. The Bertz CT molecular complexity index is 386. The lowest BCUT2D eigenvalue weighted by Gasteiger charge is -2.21. The van der Waals surface area contributed by atoms with Crippen LogP contribution in [0.15, 0.2) is 24.3 Å². The highest BCUT2D eigenvalue weighted by atomic mass is 19.4. The summed E-state index contributed by atoms with van der Waals surface area (Å²) in [5.41, 5.74) is 0.918. The summed E-state index contributed by atoms with van der Waals surface area (Å²) in [6.07, 6.45) is -6.45. The van der Waals surface area contributed by atoms with Crippen LogP contribution in [0.2, 0.25) is 0 Å². The van der Waals surface area contributed by atoms with Gasteiger partial charge in [0.2, 0.25) is 0 Å². The van der Waals surface area contributed by atoms with Crippen molar-refractivity contribution < 1.29 is 22.6 Å². The first kappa shape index (κ1) is 12.4. The highest BCUT2D eigenvalue weighted by Gasteiger charge is 2.43. The van der Waals surface area contributed by atoms with Gasteiger partial charge in [0, 0.05) is 0 Å². The summed E-state index contributed by atoms with van der Waals surface area (Å²) in [4.78, 5) is 0. The molecule has 0 spiro atoms. The molecular weight excluding hydrogens is 233 g/mol. The summed E-state index contributed by atoms with van der Waals surface area (Å²) in [5.74, 6) is 0. The SMILES string of the molecule is Cc1cccc(C(OCC2CO2)C(F)(F)F)c1. The quantitative estimate of drug-likeness (QED) is 0.762. The first-order chi connectivity index (χ1) is 7.97. The van der Waals surface area contributed by atoms with E-state index in [0.717, 1.165) is 5.56 Å². The maximum Gasteiger partial charge on any atom is 0.418 e. The van der Waals surface area contributed by atoms with E-state index in [9.17, 15) is 13.2 Å². The number of halogens is 3. The first-order valence-corrected chi connectivity index (χ1v) is 5.33. The predicted molar refractivity (Wildman–Crippen MR) is 55.7 cm³/mol. The van der Waals surface area contributed by atoms with Gasteiger partial charge in [0.25, 0.3) is 0 Å². The molecule has 0 aliphatic carbocycles. The number of rotatable bonds is 4. The van der Waals surface area contributed by atoms with Gasteiger partial charge in [-0.05, 0) is 12.5 Å². The van der Waals surface area contributed by atoms with Crippen molar-refractivity contribution in [3.63, 3.8) is 0 Å². The van der Waals surface area contributed by atoms with Crippen LogP contribution in [-0.2, 0) is 9.47 Å². The molecule has 94 valence electrons. The van der Waals surface area contributed by atoms with Crippen molar-refractivity contribution in [2.75, 3.05) is 13.2 Å². The van der Waals surface area contributed by atoms with E-state index in [0.29, 0.717) is 6.61 Å². The van der Waals surface area contributed by atoms with Gasteiger partial charge >= 0.3 is 6.18 Å². The minimum absolute atomic E-state index is 0.0158. The van der Waals surface area contributed by atoms with Crippen LogP contribution in [0.25, 0.3) is 0 Å². The van der Waals surface area contributed by atoms with E-state index < -0.39 is 12.3 Å². The normalized spacial score (nSPS) is 21.3. The molecule has 1 heterocycles. The zero-order valence-electron chi connectivity index (χ0n) is 9.33. The number of epoxide rings is 1. The number of hydrogen-bond acceptors (Lipinski definition) is 2. The van der Waals surface area contributed by atoms with Crippen LogP contribution in [0, 0.1) is 6.92 Å². The maximum atomic E-state index is 12.8. The van der Waals surface area contributed by atoms with E-state index in [1.807, 2.05) is 0 Å². The number of hydrogen-bond donors (Lipinski definition) is 0. The predicted octanol–water partition coefficient (Wildman–Crippen LogP) is 3.01. The van der Waals surface area contributed by atoms with E-state index >= 15 is 0 Å². The molecule has 0 radical (unpaired) electrons. The van der Waals surface area contributed by atoms with Gasteiger partial charge in [0.1, 0.15) is 6.10 Å². The molecule has 0 bridgehead atoms. The molecule has 0 saturated carbocycles. The largest absolute Gasteiger partial charge is 0.418 e. The van der Waals surface area contributed by atoms with Gasteiger partial charge in [-0.25, -0.2) is 0 Å². The number of aryl methyl sites for hydroxylation is 1. The summed E-state index contributed by atoms with van der Waals surface area (Å²) in [6, 6.07) is 6.27. The van der Waals surface area contributed by atoms with Crippen molar-refractivity contribution in [3.05, 3.63) is 35.4 Å². The third-order valence-electron chi connectivity index (χ3n) is 2.49. The van der Waals surface area contributed by atoms with E-state index in [2.05, 4.69) is 0 Å². The standard InChI is InChI=1S/C12H13F3O2/c1-8-3-2-4-9(5-8)11(12(13,14)15)17-7-10-6-16-10/h2-5,10-11H,6-7H2,1H3. The fraction of sp³-hybridized carbons (Fsp3) is 0.500. The fourth-order valence-corrected chi connectivity index (χ4v) is 1.58. The van der Waals surface area contributed by atoms with Crippen molar-refractivity contribution in [1.29, 1.82) is 0 Å². The van der Waals surface area contributed by atoms with Gasteiger partial charge in [-0.2, -0.15) is 13.2 Å². The van der Waals surface area contributed by atoms with Gasteiger partial charge in [-0.15, -0.1) is 0 Å². The molecule has 1 aliphatic rings. The Morgan fingerprint density at radius 2 is 2.18 bits per heavy atom. The van der Waals surface area contributed by atoms with Crippen LogP contribution in [0.1, 0.15) is 17.2 Å². The monoisotopic (exact) mass is 246 g/mol. The molecule has 0 N–H and O–H groups in total. The zero-order valence-corrected chi connectivity index (χ0v) is 9.33. The third-order valence-corrected chi connectivity index (χ3v) is 2.49. The number of benzene rings is 1. The second-order valence-corrected chi connectivity index (χ2v) is 4.12. The molecule has 1 saturated heterocycles. The van der Waals surface area contributed by atoms with Crippen molar-refractivity contribution in [2.45, 2.75) is 25.3 Å². The second kappa shape index (κ2) is 4.66. The van der Waals surface area contributed by atoms with E-state index in [4.69, 9.17) is 9.47 Å². The molecule has 2 rings (SSSR count). The average molecular weight is 246 g/mol. The molecule has 0 aromatic heterocycles. The van der Waals surface area contributed by atoms with Gasteiger partial charge in [0.05, 0.1) is 13.2 Å². The van der Waals surface area contributed by atoms with Crippen LogP contribution in [0.5, 0.6) is 0 Å². The van der Waals surface area contributed by atoms with Gasteiger partial charge in [-0.1, -0.05) is 29.8 Å². The van der Waals surface area contributed by atoms with Crippen LogP contribution >= 0.6 is 0 Å². The molecule has 17 heavy (non-hydrogen) atoms. The number of ether oxygens (including phenoxy) is 2. The third kappa shape index (κ3) is 3.44. The summed E-state index contributed by atoms with van der Waals surface area (Å²) in [5, 5.41) is 0. The Labute approximate surface area is 97.3 Å². The lowest BCUT2D eigenvalue weighted by Crippen LogP contribution is -2.25. The van der Waals surface area contributed by atoms with E-state index in [1.54, 1.807) is 19.1 Å². The second-order valence-electron chi connectivity index (χ2n) is 4.12. The van der Waals surface area contributed by atoms with Crippen LogP contribution < -0.4 is 0 Å². The molecule has 2 atom stereocenters. The van der Waals surface area contributed by atoms with Crippen molar-refractivity contribution >= 4 is 0 Å². The summed E-state index contributed by atoms with van der Waals surface area (Å²) in [6.45, 7) is 2.22. The van der Waals surface area contributed by atoms with Crippen LogP contribution in [-0.4, -0.2) is 25.5 Å². The smallest absolute Gasteiger partial charge is 0.371 e. The van der Waals surface area contributed by atoms with Gasteiger partial charge < -0.3 is 9.47 Å². The Balaban J connectivity index is 2.13.